The first-order valence-corrected chi connectivity index (χ1v) is 8.57. The predicted octanol–water partition coefficient (Wildman–Crippen LogP) is 3.26. The molecule has 0 amide bonds. The molecule has 0 radical (unpaired) electrons. The Kier molecular flexibility index (Phi) is 4.14. The van der Waals surface area contributed by atoms with Crippen LogP contribution in [-0.4, -0.2) is 17.1 Å². The maximum absolute atomic E-state index is 12.5. The van der Waals surface area contributed by atoms with Gasteiger partial charge in [-0.05, 0) is 42.5 Å². The molecule has 0 bridgehead atoms. The highest BCUT2D eigenvalue weighted by Crippen LogP contribution is 2.32. The van der Waals surface area contributed by atoms with Crippen LogP contribution in [0.15, 0.2) is 57.7 Å². The number of carbonyl (C=O) groups is 1. The molecule has 3 aromatic rings. The van der Waals surface area contributed by atoms with Crippen LogP contribution in [0.25, 0.3) is 11.1 Å². The van der Waals surface area contributed by atoms with Crippen LogP contribution in [0.2, 0.25) is 0 Å². The number of aromatic nitrogens is 1. The number of oxazole rings is 1. The Morgan fingerprint density at radius 1 is 1.16 bits per heavy atom. The van der Waals surface area contributed by atoms with Crippen LogP contribution in [-0.2, 0) is 22.5 Å². The van der Waals surface area contributed by atoms with Gasteiger partial charge in [-0.25, -0.2) is 4.79 Å². The minimum absolute atomic E-state index is 0.154. The number of fused-ring (bicyclic) bond motifs is 2. The van der Waals surface area contributed by atoms with E-state index in [0.29, 0.717) is 11.1 Å². The molecule has 1 aliphatic carbocycles. The Labute approximate surface area is 144 Å². The molecule has 0 saturated heterocycles. The van der Waals surface area contributed by atoms with Crippen molar-refractivity contribution in [1.29, 1.82) is 0 Å². The number of para-hydroxylation sites is 2. The summed E-state index contributed by atoms with van der Waals surface area (Å²) >= 11 is 0. The summed E-state index contributed by atoms with van der Waals surface area (Å²) < 4.78 is 12.2. The van der Waals surface area contributed by atoms with Crippen molar-refractivity contribution < 1.29 is 13.9 Å². The molecule has 0 spiro atoms. The van der Waals surface area contributed by atoms with E-state index >= 15 is 0 Å². The van der Waals surface area contributed by atoms with Crippen LogP contribution in [0.3, 0.4) is 0 Å². The van der Waals surface area contributed by atoms with Crippen molar-refractivity contribution >= 4 is 17.1 Å². The van der Waals surface area contributed by atoms with Crippen molar-refractivity contribution in [2.45, 2.75) is 31.7 Å². The van der Waals surface area contributed by atoms with Crippen LogP contribution in [0.1, 0.15) is 29.9 Å². The number of nitrogens with zero attached hydrogens (tertiary/aromatic N) is 1. The molecule has 5 nitrogen and oxygen atoms in total. The molecule has 5 heteroatoms. The van der Waals surface area contributed by atoms with Gasteiger partial charge in [0.05, 0.1) is 18.0 Å². The van der Waals surface area contributed by atoms with Gasteiger partial charge in [-0.2, -0.15) is 0 Å². The van der Waals surface area contributed by atoms with E-state index in [0.717, 1.165) is 24.8 Å². The number of hydrogen-bond donors (Lipinski definition) is 0. The zero-order valence-electron chi connectivity index (χ0n) is 13.8. The summed E-state index contributed by atoms with van der Waals surface area (Å²) in [4.78, 5) is 24.4. The average Bonchev–Trinajstić information content (AvgIpc) is 2.96. The molecule has 4 rings (SSSR count). The smallest absolute Gasteiger partial charge is 0.420 e. The predicted molar refractivity (Wildman–Crippen MR) is 93.6 cm³/mol. The summed E-state index contributed by atoms with van der Waals surface area (Å²) in [5.74, 6) is -0.851. The van der Waals surface area contributed by atoms with Gasteiger partial charge in [-0.1, -0.05) is 36.4 Å². The number of hydrogen-bond acceptors (Lipinski definition) is 4. The van der Waals surface area contributed by atoms with Crippen molar-refractivity contribution in [2.24, 2.45) is 0 Å². The first kappa shape index (κ1) is 15.7. The van der Waals surface area contributed by atoms with Gasteiger partial charge in [-0.3, -0.25) is 9.36 Å². The van der Waals surface area contributed by atoms with E-state index < -0.39 is 5.76 Å². The van der Waals surface area contributed by atoms with Crippen molar-refractivity contribution in [3.63, 3.8) is 0 Å². The Morgan fingerprint density at radius 3 is 2.88 bits per heavy atom. The quantitative estimate of drug-likeness (QED) is 0.686. The van der Waals surface area contributed by atoms with Gasteiger partial charge < -0.3 is 9.15 Å². The van der Waals surface area contributed by atoms with Crippen LogP contribution in [0.5, 0.6) is 0 Å². The van der Waals surface area contributed by atoms with Gasteiger partial charge >= 0.3 is 11.7 Å². The number of esters is 1. The Hall–Kier alpha value is -2.82. The molecule has 25 heavy (non-hydrogen) atoms. The van der Waals surface area contributed by atoms with Gasteiger partial charge in [-0.15, -0.1) is 0 Å². The van der Waals surface area contributed by atoms with Crippen molar-refractivity contribution in [2.75, 3.05) is 6.61 Å². The normalized spacial score (nSPS) is 16.6. The van der Waals surface area contributed by atoms with Gasteiger partial charge in [0.1, 0.15) is 6.61 Å². The maximum Gasteiger partial charge on any atom is 0.420 e. The van der Waals surface area contributed by atoms with Crippen molar-refractivity contribution in [1.82, 2.24) is 4.57 Å². The standard InChI is InChI=1S/C20H19NO4/c22-19(16-9-5-7-14-6-1-2-8-15(14)16)24-13-12-21-17-10-3-4-11-18(17)25-20(21)23/h1-4,6,8,10-11,16H,5,7,9,12-13H2/t16-/m1/s1. The lowest BCUT2D eigenvalue weighted by Crippen LogP contribution is -2.24. The molecule has 0 N–H and O–H groups in total. The second-order valence-electron chi connectivity index (χ2n) is 6.30. The summed E-state index contributed by atoms with van der Waals surface area (Å²) in [6, 6.07) is 15.3. The summed E-state index contributed by atoms with van der Waals surface area (Å²) in [5.41, 5.74) is 3.56. The molecule has 1 aliphatic rings. The minimum atomic E-state index is -0.430. The summed E-state index contributed by atoms with van der Waals surface area (Å²) in [5, 5.41) is 0. The third-order valence-corrected chi connectivity index (χ3v) is 4.79. The lowest BCUT2D eigenvalue weighted by molar-refractivity contribution is -0.146. The first-order valence-electron chi connectivity index (χ1n) is 8.57. The van der Waals surface area contributed by atoms with Gasteiger partial charge in [0.15, 0.2) is 5.58 Å². The summed E-state index contributed by atoms with van der Waals surface area (Å²) in [7, 11) is 0. The highest BCUT2D eigenvalue weighted by molar-refractivity contribution is 5.79. The fraction of sp³-hybridized carbons (Fsp3) is 0.300. The largest absolute Gasteiger partial charge is 0.463 e. The van der Waals surface area contributed by atoms with E-state index in [9.17, 15) is 9.59 Å². The van der Waals surface area contributed by atoms with E-state index in [1.165, 1.54) is 10.1 Å². The lowest BCUT2D eigenvalue weighted by Gasteiger charge is -2.23. The molecule has 1 heterocycles. The van der Waals surface area contributed by atoms with Crippen LogP contribution in [0.4, 0.5) is 0 Å². The molecule has 0 aliphatic heterocycles. The third kappa shape index (κ3) is 2.97. The second kappa shape index (κ2) is 6.59. The Bertz CT molecular complexity index is 969. The molecule has 128 valence electrons. The van der Waals surface area contributed by atoms with E-state index in [2.05, 4.69) is 6.07 Å². The summed E-state index contributed by atoms with van der Waals surface area (Å²) in [6.45, 7) is 0.441. The number of aryl methyl sites for hydroxylation is 1. The van der Waals surface area contributed by atoms with E-state index in [4.69, 9.17) is 9.15 Å². The first-order chi connectivity index (χ1) is 12.2. The van der Waals surface area contributed by atoms with Crippen LogP contribution < -0.4 is 5.76 Å². The fourth-order valence-corrected chi connectivity index (χ4v) is 3.56. The number of carbonyl (C=O) groups excluding carboxylic acids is 1. The van der Waals surface area contributed by atoms with Gasteiger partial charge in [0.25, 0.3) is 0 Å². The molecule has 2 aromatic carbocycles. The van der Waals surface area contributed by atoms with Crippen molar-refractivity contribution in [3.05, 3.63) is 70.2 Å². The monoisotopic (exact) mass is 337 g/mol. The summed E-state index contributed by atoms with van der Waals surface area (Å²) in [6.07, 6.45) is 2.81. The van der Waals surface area contributed by atoms with Gasteiger partial charge in [0, 0.05) is 0 Å². The molecule has 0 fully saturated rings. The second-order valence-corrected chi connectivity index (χ2v) is 6.30. The van der Waals surface area contributed by atoms with E-state index in [1.54, 1.807) is 6.07 Å². The minimum Gasteiger partial charge on any atom is -0.463 e. The zero-order valence-corrected chi connectivity index (χ0v) is 13.8. The molecule has 1 atom stereocenters. The number of ether oxygens (including phenoxy) is 1. The van der Waals surface area contributed by atoms with Crippen molar-refractivity contribution in [3.8, 4) is 0 Å². The maximum atomic E-state index is 12.5. The number of benzene rings is 2. The molecular formula is C20H19NO4. The highest BCUT2D eigenvalue weighted by Gasteiger charge is 2.27. The molecular weight excluding hydrogens is 318 g/mol. The van der Waals surface area contributed by atoms with Gasteiger partial charge in [0.2, 0.25) is 0 Å². The molecule has 1 aromatic heterocycles. The third-order valence-electron chi connectivity index (χ3n) is 4.79. The van der Waals surface area contributed by atoms with E-state index in [1.807, 2.05) is 36.4 Å². The lowest BCUT2D eigenvalue weighted by atomic mass is 9.83. The molecule has 0 saturated carbocycles. The van der Waals surface area contributed by atoms with E-state index in [-0.39, 0.29) is 25.0 Å². The highest BCUT2D eigenvalue weighted by atomic mass is 16.5. The Morgan fingerprint density at radius 2 is 1.96 bits per heavy atom. The SMILES string of the molecule is O=C(OCCn1c(=O)oc2ccccc21)[C@@H]1CCCc2ccccc21. The van der Waals surface area contributed by atoms with Crippen LogP contribution >= 0.6 is 0 Å². The van der Waals surface area contributed by atoms with Crippen LogP contribution in [0, 0.1) is 0 Å². The average molecular weight is 337 g/mol. The fourth-order valence-electron chi connectivity index (χ4n) is 3.56. The zero-order chi connectivity index (χ0) is 17.2. The molecule has 0 unspecified atom stereocenters. The number of rotatable bonds is 4. The Balaban J connectivity index is 1.45. The topological polar surface area (TPSA) is 61.4 Å².